The molecule has 20 heavy (non-hydrogen) atoms. The van der Waals surface area contributed by atoms with E-state index in [1.54, 1.807) is 0 Å². The fourth-order valence-electron chi connectivity index (χ4n) is 2.81. The Morgan fingerprint density at radius 1 is 0.600 bits per heavy atom. The van der Waals surface area contributed by atoms with Crippen molar-refractivity contribution >= 4 is 27.5 Å². The highest BCUT2D eigenvalue weighted by atomic mass is 15.0. The summed E-state index contributed by atoms with van der Waals surface area (Å²) < 4.78 is 2.25. The first-order valence-electron chi connectivity index (χ1n) is 6.65. The molecule has 0 fully saturated rings. The van der Waals surface area contributed by atoms with Gasteiger partial charge in [0.1, 0.15) is 0 Å². The van der Waals surface area contributed by atoms with Crippen molar-refractivity contribution in [2.24, 2.45) is 0 Å². The van der Waals surface area contributed by atoms with E-state index < -0.39 is 0 Å². The standard InChI is InChI=1S/C18H13N2/c19-13-9-11-14(12-10-13)20-17-7-3-1-5-15(17)16-6-2-4-8-18(16)20/h1-12,19H. The first-order chi connectivity index (χ1) is 9.84. The Balaban J connectivity index is 2.17. The molecular weight excluding hydrogens is 244 g/mol. The maximum atomic E-state index is 7.63. The molecule has 0 bridgehead atoms. The number of fused-ring (bicyclic) bond motifs is 3. The molecule has 2 nitrogen and oxygen atoms in total. The van der Waals surface area contributed by atoms with Crippen molar-refractivity contribution in [3.05, 3.63) is 72.8 Å². The van der Waals surface area contributed by atoms with Gasteiger partial charge in [-0.1, -0.05) is 36.4 Å². The summed E-state index contributed by atoms with van der Waals surface area (Å²) in [5.74, 6) is 0. The van der Waals surface area contributed by atoms with E-state index in [0.29, 0.717) is 5.69 Å². The summed E-state index contributed by atoms with van der Waals surface area (Å²) in [7, 11) is 0. The predicted octanol–water partition coefficient (Wildman–Crippen LogP) is 4.70. The molecule has 4 rings (SSSR count). The van der Waals surface area contributed by atoms with Crippen molar-refractivity contribution in [3.63, 3.8) is 0 Å². The van der Waals surface area contributed by atoms with Crippen LogP contribution in [0.3, 0.4) is 0 Å². The lowest BCUT2D eigenvalue weighted by Gasteiger charge is -2.07. The number of rotatable bonds is 1. The predicted molar refractivity (Wildman–Crippen MR) is 83.5 cm³/mol. The van der Waals surface area contributed by atoms with Crippen molar-refractivity contribution < 1.29 is 0 Å². The normalized spacial score (nSPS) is 11.2. The third-order valence-corrected chi connectivity index (χ3v) is 3.71. The van der Waals surface area contributed by atoms with Crippen LogP contribution in [0.1, 0.15) is 0 Å². The van der Waals surface area contributed by atoms with Gasteiger partial charge in [-0.15, -0.1) is 0 Å². The topological polar surface area (TPSA) is 28.7 Å². The zero-order valence-corrected chi connectivity index (χ0v) is 10.9. The Hall–Kier alpha value is -2.74. The smallest absolute Gasteiger partial charge is 0.0541 e. The van der Waals surface area contributed by atoms with Crippen LogP contribution in [0.5, 0.6) is 0 Å². The maximum Gasteiger partial charge on any atom is 0.0541 e. The van der Waals surface area contributed by atoms with Gasteiger partial charge in [0.25, 0.3) is 0 Å². The lowest BCUT2D eigenvalue weighted by atomic mass is 10.2. The summed E-state index contributed by atoms with van der Waals surface area (Å²) in [6, 6.07) is 24.6. The summed E-state index contributed by atoms with van der Waals surface area (Å²) in [5, 5.41) is 2.52. The molecule has 1 aromatic heterocycles. The lowest BCUT2D eigenvalue weighted by Crippen LogP contribution is -1.92. The molecule has 0 aliphatic carbocycles. The van der Waals surface area contributed by atoms with Crippen molar-refractivity contribution in [1.82, 2.24) is 10.3 Å². The lowest BCUT2D eigenvalue weighted by molar-refractivity contribution is 1.18. The molecule has 4 aromatic rings. The summed E-state index contributed by atoms with van der Waals surface area (Å²) in [6.45, 7) is 0. The number of benzene rings is 3. The number of nitrogens with zero attached hydrogens (tertiary/aromatic N) is 1. The monoisotopic (exact) mass is 257 g/mol. The summed E-state index contributed by atoms with van der Waals surface area (Å²) in [4.78, 5) is 0. The van der Waals surface area contributed by atoms with Crippen LogP contribution in [0.15, 0.2) is 72.8 Å². The van der Waals surface area contributed by atoms with Crippen molar-refractivity contribution in [2.45, 2.75) is 0 Å². The van der Waals surface area contributed by atoms with E-state index in [9.17, 15) is 0 Å². The number of para-hydroxylation sites is 2. The van der Waals surface area contributed by atoms with Crippen LogP contribution in [0, 0.1) is 0 Å². The molecule has 1 radical (unpaired) electrons. The molecule has 0 saturated carbocycles. The van der Waals surface area contributed by atoms with Crippen LogP contribution in [-0.4, -0.2) is 4.57 Å². The molecule has 0 saturated heterocycles. The van der Waals surface area contributed by atoms with Gasteiger partial charge in [0.2, 0.25) is 0 Å². The highest BCUT2D eigenvalue weighted by molar-refractivity contribution is 6.09. The zero-order valence-electron chi connectivity index (χ0n) is 10.9. The zero-order chi connectivity index (χ0) is 13.5. The van der Waals surface area contributed by atoms with Crippen molar-refractivity contribution in [2.75, 3.05) is 0 Å². The van der Waals surface area contributed by atoms with Crippen LogP contribution in [0.4, 0.5) is 5.69 Å². The summed E-state index contributed by atoms with van der Waals surface area (Å²) in [6.07, 6.45) is 0. The van der Waals surface area contributed by atoms with E-state index in [-0.39, 0.29) is 0 Å². The Kier molecular flexibility index (Phi) is 2.30. The van der Waals surface area contributed by atoms with Gasteiger partial charge < -0.3 is 10.3 Å². The van der Waals surface area contributed by atoms with E-state index in [1.807, 2.05) is 24.3 Å². The van der Waals surface area contributed by atoms with Gasteiger partial charge in [-0.05, 0) is 36.4 Å². The molecule has 2 heteroatoms. The Morgan fingerprint density at radius 2 is 1.10 bits per heavy atom. The minimum Gasteiger partial charge on any atom is -0.309 e. The van der Waals surface area contributed by atoms with Crippen LogP contribution < -0.4 is 5.73 Å². The number of hydrogen-bond acceptors (Lipinski definition) is 0. The quantitative estimate of drug-likeness (QED) is 0.473. The van der Waals surface area contributed by atoms with Crippen LogP contribution in [0.25, 0.3) is 27.5 Å². The SMILES string of the molecule is [NH]c1ccc(-n2c3ccccc3c3ccccc32)cc1. The molecule has 0 unspecified atom stereocenters. The van der Waals surface area contributed by atoms with E-state index in [4.69, 9.17) is 5.73 Å². The molecular formula is C18H13N2. The molecule has 3 aromatic carbocycles. The van der Waals surface area contributed by atoms with Crippen LogP contribution in [0.2, 0.25) is 0 Å². The number of hydrogen-bond donors (Lipinski definition) is 0. The third kappa shape index (κ3) is 1.51. The fourth-order valence-corrected chi connectivity index (χ4v) is 2.81. The Labute approximate surface area is 117 Å². The van der Waals surface area contributed by atoms with Crippen LogP contribution >= 0.6 is 0 Å². The molecule has 95 valence electrons. The van der Waals surface area contributed by atoms with Gasteiger partial charge in [0.15, 0.2) is 0 Å². The minimum atomic E-state index is 0.537. The Bertz CT molecular complexity index is 848. The number of nitrogens with one attached hydrogen (secondary N) is 1. The second-order valence-electron chi connectivity index (χ2n) is 4.92. The second kappa shape index (κ2) is 4.14. The van der Waals surface area contributed by atoms with Crippen molar-refractivity contribution in [1.29, 1.82) is 0 Å². The Morgan fingerprint density at radius 3 is 1.65 bits per heavy atom. The summed E-state index contributed by atoms with van der Waals surface area (Å²) in [5.41, 5.74) is 11.7. The maximum absolute atomic E-state index is 7.63. The van der Waals surface area contributed by atoms with Gasteiger partial charge in [0.05, 0.1) is 16.7 Å². The van der Waals surface area contributed by atoms with E-state index >= 15 is 0 Å². The number of aromatic nitrogens is 1. The first-order valence-corrected chi connectivity index (χ1v) is 6.65. The van der Waals surface area contributed by atoms with Gasteiger partial charge >= 0.3 is 0 Å². The minimum absolute atomic E-state index is 0.537. The van der Waals surface area contributed by atoms with Gasteiger partial charge in [-0.25, -0.2) is 0 Å². The fraction of sp³-hybridized carbons (Fsp3) is 0. The molecule has 1 N–H and O–H groups in total. The summed E-state index contributed by atoms with van der Waals surface area (Å²) >= 11 is 0. The van der Waals surface area contributed by atoms with Crippen molar-refractivity contribution in [3.8, 4) is 5.69 Å². The first kappa shape index (κ1) is 11.1. The average molecular weight is 257 g/mol. The average Bonchev–Trinajstić information content (AvgIpc) is 2.83. The molecule has 0 amide bonds. The van der Waals surface area contributed by atoms with Gasteiger partial charge in [-0.3, -0.25) is 0 Å². The van der Waals surface area contributed by atoms with Gasteiger partial charge in [-0.2, -0.15) is 0 Å². The highest BCUT2D eigenvalue weighted by Gasteiger charge is 2.10. The van der Waals surface area contributed by atoms with E-state index in [1.165, 1.54) is 21.8 Å². The van der Waals surface area contributed by atoms with Gasteiger partial charge in [0, 0.05) is 16.5 Å². The van der Waals surface area contributed by atoms with E-state index in [0.717, 1.165) is 5.69 Å². The molecule has 0 aliphatic rings. The van der Waals surface area contributed by atoms with E-state index in [2.05, 4.69) is 53.1 Å². The van der Waals surface area contributed by atoms with Crippen LogP contribution in [-0.2, 0) is 0 Å². The molecule has 1 heterocycles. The second-order valence-corrected chi connectivity index (χ2v) is 4.92. The largest absolute Gasteiger partial charge is 0.309 e. The third-order valence-electron chi connectivity index (χ3n) is 3.71. The highest BCUT2D eigenvalue weighted by Crippen LogP contribution is 2.31. The molecule has 0 spiro atoms. The molecule has 0 atom stereocenters. The molecule has 0 aliphatic heterocycles.